The van der Waals surface area contributed by atoms with E-state index in [1.807, 2.05) is 0 Å². The number of ketones is 1. The van der Waals surface area contributed by atoms with Crippen molar-refractivity contribution in [3.63, 3.8) is 0 Å². The molecule has 1 fully saturated rings. The number of pyridine rings is 1. The lowest BCUT2D eigenvalue weighted by Crippen LogP contribution is -2.25. The molecule has 0 aromatic carbocycles. The average molecular weight is 192 g/mol. The Kier molecular flexibility index (Phi) is 1.92. The molecule has 0 aliphatic carbocycles. The molecule has 1 saturated heterocycles. The molecule has 0 radical (unpaired) electrons. The molecule has 5 heteroatoms. The molecule has 5 nitrogen and oxygen atoms in total. The first-order chi connectivity index (χ1) is 6.66. The topological polar surface area (TPSA) is 70.2 Å². The molecule has 2 heterocycles. The highest BCUT2D eigenvalue weighted by atomic mass is 16.2. The van der Waals surface area contributed by atoms with Crippen LogP contribution < -0.4 is 10.5 Å². The van der Waals surface area contributed by atoms with Crippen LogP contribution in [0.2, 0.25) is 0 Å². The predicted molar refractivity (Wildman–Crippen MR) is 49.0 cm³/mol. The van der Waals surface area contributed by atoms with Gasteiger partial charge in [0.2, 0.25) is 11.5 Å². The monoisotopic (exact) mass is 192 g/mol. The van der Waals surface area contributed by atoms with Crippen molar-refractivity contribution >= 4 is 17.4 Å². The van der Waals surface area contributed by atoms with Crippen molar-refractivity contribution < 1.29 is 9.59 Å². The number of hydrogen-bond acceptors (Lipinski definition) is 3. The van der Waals surface area contributed by atoms with Gasteiger partial charge in [-0.3, -0.25) is 14.4 Å². The van der Waals surface area contributed by atoms with E-state index in [0.29, 0.717) is 5.69 Å². The fourth-order valence-electron chi connectivity index (χ4n) is 1.39. The number of nitrogens with zero attached hydrogens (tertiary/aromatic N) is 1. The summed E-state index contributed by atoms with van der Waals surface area (Å²) in [5.74, 6) is -0.316. The van der Waals surface area contributed by atoms with E-state index in [2.05, 4.69) is 4.98 Å². The van der Waals surface area contributed by atoms with E-state index in [4.69, 9.17) is 0 Å². The van der Waals surface area contributed by atoms with Crippen LogP contribution in [0, 0.1) is 0 Å². The SMILES string of the molecule is O=C1CC(=O)N(c2ccc(=O)[nH]c2)C1. The molecule has 14 heavy (non-hydrogen) atoms. The van der Waals surface area contributed by atoms with Gasteiger partial charge in [-0.1, -0.05) is 0 Å². The van der Waals surface area contributed by atoms with Gasteiger partial charge in [0.05, 0.1) is 18.7 Å². The third-order valence-corrected chi connectivity index (χ3v) is 2.06. The van der Waals surface area contributed by atoms with Gasteiger partial charge in [-0.05, 0) is 6.07 Å². The lowest BCUT2D eigenvalue weighted by atomic mass is 10.3. The number of amides is 1. The van der Waals surface area contributed by atoms with Gasteiger partial charge in [0, 0.05) is 12.3 Å². The molecule has 1 aromatic rings. The van der Waals surface area contributed by atoms with E-state index in [0.717, 1.165) is 0 Å². The highest BCUT2D eigenvalue weighted by Gasteiger charge is 2.28. The molecule has 1 amide bonds. The molecule has 72 valence electrons. The van der Waals surface area contributed by atoms with Crippen LogP contribution in [-0.2, 0) is 9.59 Å². The lowest BCUT2D eigenvalue weighted by Gasteiger charge is -2.13. The van der Waals surface area contributed by atoms with Gasteiger partial charge < -0.3 is 9.88 Å². The highest BCUT2D eigenvalue weighted by Crippen LogP contribution is 2.16. The minimum atomic E-state index is -0.230. The zero-order chi connectivity index (χ0) is 10.1. The Balaban J connectivity index is 2.32. The van der Waals surface area contributed by atoms with Crippen LogP contribution in [-0.4, -0.2) is 23.2 Å². The number of rotatable bonds is 1. The van der Waals surface area contributed by atoms with Crippen LogP contribution in [0.15, 0.2) is 23.1 Å². The number of aromatic amines is 1. The van der Waals surface area contributed by atoms with E-state index in [9.17, 15) is 14.4 Å². The van der Waals surface area contributed by atoms with Gasteiger partial charge in [-0.15, -0.1) is 0 Å². The number of aromatic nitrogens is 1. The summed E-state index contributed by atoms with van der Waals surface area (Å²) in [6.07, 6.45) is 1.39. The molecule has 0 spiro atoms. The maximum Gasteiger partial charge on any atom is 0.248 e. The summed E-state index contributed by atoms with van der Waals surface area (Å²) < 4.78 is 0. The number of carbonyl (C=O) groups is 2. The van der Waals surface area contributed by atoms with Crippen LogP contribution in [0.3, 0.4) is 0 Å². The smallest absolute Gasteiger partial charge is 0.248 e. The number of Topliss-reactive ketones (excluding diaryl/α,β-unsaturated/α-hetero) is 1. The standard InChI is InChI=1S/C9H8N2O3/c12-7-3-9(14)11(5-7)6-1-2-8(13)10-4-6/h1-2,4H,3,5H2,(H,10,13). The summed E-state index contributed by atoms with van der Waals surface area (Å²) in [7, 11) is 0. The van der Waals surface area contributed by atoms with E-state index in [1.54, 1.807) is 0 Å². The van der Waals surface area contributed by atoms with Crippen LogP contribution in [0.1, 0.15) is 6.42 Å². The maximum atomic E-state index is 11.3. The van der Waals surface area contributed by atoms with Crippen molar-refractivity contribution in [3.05, 3.63) is 28.7 Å². The summed E-state index contributed by atoms with van der Waals surface area (Å²) in [4.78, 5) is 36.8. The second-order valence-corrected chi connectivity index (χ2v) is 3.11. The van der Waals surface area contributed by atoms with Crippen molar-refractivity contribution in [1.82, 2.24) is 4.98 Å². The van der Waals surface area contributed by atoms with E-state index in [1.165, 1.54) is 23.2 Å². The number of anilines is 1. The van der Waals surface area contributed by atoms with Gasteiger partial charge in [-0.25, -0.2) is 0 Å². The first-order valence-electron chi connectivity index (χ1n) is 4.17. The van der Waals surface area contributed by atoms with Crippen LogP contribution in [0.25, 0.3) is 0 Å². The fourth-order valence-corrected chi connectivity index (χ4v) is 1.39. The zero-order valence-corrected chi connectivity index (χ0v) is 7.32. The second kappa shape index (κ2) is 3.10. The number of carbonyl (C=O) groups excluding carboxylic acids is 2. The summed E-state index contributed by atoms with van der Waals surface area (Å²) >= 11 is 0. The van der Waals surface area contributed by atoms with Gasteiger partial charge in [0.1, 0.15) is 0 Å². The van der Waals surface area contributed by atoms with Gasteiger partial charge >= 0.3 is 0 Å². The zero-order valence-electron chi connectivity index (χ0n) is 7.32. The second-order valence-electron chi connectivity index (χ2n) is 3.11. The summed E-state index contributed by atoms with van der Waals surface area (Å²) in [6, 6.07) is 2.85. The van der Waals surface area contributed by atoms with Crippen LogP contribution in [0.4, 0.5) is 5.69 Å². The molecule has 2 rings (SSSR count). The molecule has 0 unspecified atom stereocenters. The molecule has 1 N–H and O–H groups in total. The van der Waals surface area contributed by atoms with E-state index >= 15 is 0 Å². The van der Waals surface area contributed by atoms with Gasteiger partial charge in [0.25, 0.3) is 0 Å². The Morgan fingerprint density at radius 3 is 2.50 bits per heavy atom. The number of hydrogen-bond donors (Lipinski definition) is 1. The molecule has 1 aliphatic heterocycles. The predicted octanol–water partition coefficient (Wildman–Crippen LogP) is -0.319. The van der Waals surface area contributed by atoms with Crippen molar-refractivity contribution in [3.8, 4) is 0 Å². The Morgan fingerprint density at radius 1 is 1.21 bits per heavy atom. The third-order valence-electron chi connectivity index (χ3n) is 2.06. The largest absolute Gasteiger partial charge is 0.327 e. The molecular weight excluding hydrogens is 184 g/mol. The normalized spacial score (nSPS) is 16.4. The fraction of sp³-hybridized carbons (Fsp3) is 0.222. The first-order valence-corrected chi connectivity index (χ1v) is 4.17. The minimum Gasteiger partial charge on any atom is -0.327 e. The van der Waals surface area contributed by atoms with E-state index < -0.39 is 0 Å². The van der Waals surface area contributed by atoms with E-state index in [-0.39, 0.29) is 30.2 Å². The molecule has 1 aliphatic rings. The van der Waals surface area contributed by atoms with Crippen molar-refractivity contribution in [2.45, 2.75) is 6.42 Å². The summed E-state index contributed by atoms with van der Waals surface area (Å²) in [6.45, 7) is 0.102. The summed E-state index contributed by atoms with van der Waals surface area (Å²) in [5, 5.41) is 0. The molecule has 0 atom stereocenters. The Hall–Kier alpha value is -1.91. The molecule has 0 saturated carbocycles. The minimum absolute atomic E-state index is 0.0425. The quantitative estimate of drug-likeness (QED) is 0.620. The Bertz CT molecular complexity index is 429. The molecule has 1 aromatic heterocycles. The van der Waals surface area contributed by atoms with Crippen molar-refractivity contribution in [2.75, 3.05) is 11.4 Å². The van der Waals surface area contributed by atoms with Crippen molar-refractivity contribution in [2.24, 2.45) is 0 Å². The van der Waals surface area contributed by atoms with Crippen molar-refractivity contribution in [1.29, 1.82) is 0 Å². The summed E-state index contributed by atoms with van der Waals surface area (Å²) in [5.41, 5.74) is 0.326. The first kappa shape index (κ1) is 8.68. The average Bonchev–Trinajstić information content (AvgIpc) is 2.47. The third kappa shape index (κ3) is 1.44. The number of H-pyrrole nitrogens is 1. The Morgan fingerprint density at radius 2 is 2.00 bits per heavy atom. The van der Waals surface area contributed by atoms with Crippen LogP contribution in [0.5, 0.6) is 0 Å². The van der Waals surface area contributed by atoms with Gasteiger partial charge in [0.15, 0.2) is 5.78 Å². The highest BCUT2D eigenvalue weighted by molar-refractivity contribution is 6.14. The lowest BCUT2D eigenvalue weighted by molar-refractivity contribution is -0.121. The van der Waals surface area contributed by atoms with Crippen LogP contribution >= 0.6 is 0 Å². The maximum absolute atomic E-state index is 11.3. The molecule has 0 bridgehead atoms. The van der Waals surface area contributed by atoms with Gasteiger partial charge in [-0.2, -0.15) is 0 Å². The molecular formula is C9H8N2O3. The Labute approximate surface area is 79.3 Å². The number of nitrogens with one attached hydrogen (secondary N) is 1.